The smallest absolute Gasteiger partial charge is 0.171 e. The fraction of sp³-hybridized carbons (Fsp3) is 0.909. The quantitative estimate of drug-likeness (QED) is 0.138. The second-order valence-electron chi connectivity index (χ2n) is 15.9. The van der Waals surface area contributed by atoms with Crippen LogP contribution in [0, 0.1) is 0 Å². The minimum absolute atomic E-state index is 0. The molecule has 4 rings (SSSR count). The Kier molecular flexibility index (Phi) is 35.8. The number of rotatable bonds is 16. The standard InChI is InChI=1S/4C11H22N2S.Pt/c4*1-3-7-12-9-5-6-10-13(8-4-2)11(12)14;/h4*3-10H2,1-2H3;. The van der Waals surface area contributed by atoms with Gasteiger partial charge in [0.2, 0.25) is 0 Å². The van der Waals surface area contributed by atoms with E-state index in [0.717, 1.165) is 125 Å². The molecule has 4 heterocycles. The molecule has 338 valence electrons. The Balaban J connectivity index is 0.000000729. The van der Waals surface area contributed by atoms with Gasteiger partial charge in [-0.3, -0.25) is 0 Å². The third kappa shape index (κ3) is 22.7. The van der Waals surface area contributed by atoms with E-state index in [-0.39, 0.29) is 21.1 Å². The number of hydrogen-bond donors (Lipinski definition) is 0. The van der Waals surface area contributed by atoms with Crippen molar-refractivity contribution in [2.75, 3.05) is 105 Å². The van der Waals surface area contributed by atoms with Crippen LogP contribution in [0.2, 0.25) is 0 Å². The first-order valence-corrected chi connectivity index (χ1v) is 25.0. The monoisotopic (exact) mass is 1050 g/mol. The molecule has 0 amide bonds. The van der Waals surface area contributed by atoms with Gasteiger partial charge in [-0.2, -0.15) is 0 Å². The van der Waals surface area contributed by atoms with Crippen LogP contribution in [-0.2, 0) is 21.1 Å². The van der Waals surface area contributed by atoms with Crippen molar-refractivity contribution in [3.05, 3.63) is 0 Å². The number of hydrogen-bond acceptors (Lipinski definition) is 4. The number of nitrogens with zero attached hydrogens (tertiary/aromatic N) is 8. The van der Waals surface area contributed by atoms with Crippen molar-refractivity contribution in [1.29, 1.82) is 0 Å². The summed E-state index contributed by atoms with van der Waals surface area (Å²) in [6, 6.07) is 0. The molecule has 0 spiro atoms. The molecule has 8 nitrogen and oxygen atoms in total. The zero-order valence-corrected chi connectivity index (χ0v) is 43.7. The molecule has 57 heavy (non-hydrogen) atoms. The zero-order chi connectivity index (χ0) is 41.6. The van der Waals surface area contributed by atoms with Gasteiger partial charge >= 0.3 is 0 Å². The Morgan fingerprint density at radius 2 is 0.368 bits per heavy atom. The van der Waals surface area contributed by atoms with Gasteiger partial charge in [0.1, 0.15) is 0 Å². The van der Waals surface area contributed by atoms with E-state index in [1.807, 2.05) is 0 Å². The van der Waals surface area contributed by atoms with Crippen LogP contribution in [0.4, 0.5) is 0 Å². The molecule has 0 N–H and O–H groups in total. The van der Waals surface area contributed by atoms with E-state index in [4.69, 9.17) is 48.9 Å². The van der Waals surface area contributed by atoms with E-state index >= 15 is 0 Å². The van der Waals surface area contributed by atoms with Crippen LogP contribution in [0.3, 0.4) is 0 Å². The SMILES string of the molecule is CCCN1CCCCN(CCC)C1=S.CCCN1CCCCN(CCC)C1=S.CCCN1CCCCN(CCC)C1=S.CCCN1CCCCN(CCC)C1=S.[Pt]. The summed E-state index contributed by atoms with van der Waals surface area (Å²) >= 11 is 22.1. The van der Waals surface area contributed by atoms with E-state index in [0.29, 0.717) is 0 Å². The first kappa shape index (κ1) is 56.4. The molecule has 0 aliphatic carbocycles. The molecule has 4 fully saturated rings. The van der Waals surface area contributed by atoms with E-state index in [1.54, 1.807) is 0 Å². The van der Waals surface area contributed by atoms with E-state index in [1.165, 1.54) is 103 Å². The van der Waals surface area contributed by atoms with Crippen molar-refractivity contribution in [3.8, 4) is 0 Å². The molecule has 0 radical (unpaired) electrons. The summed E-state index contributed by atoms with van der Waals surface area (Å²) in [7, 11) is 0. The van der Waals surface area contributed by atoms with Gasteiger partial charge in [-0.15, -0.1) is 0 Å². The summed E-state index contributed by atoms with van der Waals surface area (Å²) < 4.78 is 0. The normalized spacial score (nSPS) is 18.2. The molecule has 4 saturated heterocycles. The minimum atomic E-state index is 0. The maximum atomic E-state index is 5.52. The third-order valence-electron chi connectivity index (χ3n) is 10.5. The van der Waals surface area contributed by atoms with Crippen LogP contribution in [-0.4, -0.2) is 164 Å². The maximum absolute atomic E-state index is 5.52. The minimum Gasteiger partial charge on any atom is -0.349 e. The average molecular weight is 1050 g/mol. The van der Waals surface area contributed by atoms with Gasteiger partial charge in [-0.1, -0.05) is 55.4 Å². The Morgan fingerprint density at radius 1 is 0.263 bits per heavy atom. The summed E-state index contributed by atoms with van der Waals surface area (Å²) in [5.74, 6) is 0. The molecule has 0 saturated carbocycles. The van der Waals surface area contributed by atoms with Gasteiger partial charge in [0, 0.05) is 126 Å². The van der Waals surface area contributed by atoms with Gasteiger partial charge in [-0.05, 0) is 152 Å². The molecular formula is C44H88N8PtS4. The maximum Gasteiger partial charge on any atom is 0.171 e. The topological polar surface area (TPSA) is 25.9 Å². The first-order chi connectivity index (χ1) is 27.2. The van der Waals surface area contributed by atoms with Crippen molar-refractivity contribution in [3.63, 3.8) is 0 Å². The summed E-state index contributed by atoms with van der Waals surface area (Å²) in [5.41, 5.74) is 0. The Morgan fingerprint density at radius 3 is 0.456 bits per heavy atom. The summed E-state index contributed by atoms with van der Waals surface area (Å²) in [6.45, 7) is 36.0. The van der Waals surface area contributed by atoms with Crippen LogP contribution < -0.4 is 0 Å². The van der Waals surface area contributed by atoms with E-state index in [2.05, 4.69) is 94.6 Å². The van der Waals surface area contributed by atoms with Crippen molar-refractivity contribution < 1.29 is 21.1 Å². The second kappa shape index (κ2) is 36.1. The predicted molar refractivity (Wildman–Crippen MR) is 262 cm³/mol. The molecular weight excluding hydrogens is 964 g/mol. The zero-order valence-electron chi connectivity index (χ0n) is 38.2. The van der Waals surface area contributed by atoms with Crippen molar-refractivity contribution in [2.45, 2.75) is 158 Å². The van der Waals surface area contributed by atoms with Crippen LogP contribution in [0.25, 0.3) is 0 Å². The first-order valence-electron chi connectivity index (χ1n) is 23.3. The Labute approximate surface area is 389 Å². The molecule has 13 heteroatoms. The van der Waals surface area contributed by atoms with Crippen molar-refractivity contribution in [1.82, 2.24) is 39.2 Å². The van der Waals surface area contributed by atoms with Crippen molar-refractivity contribution >= 4 is 69.3 Å². The third-order valence-corrected chi connectivity index (χ3v) is 12.6. The Bertz CT molecular complexity index is 824. The molecule has 0 aromatic heterocycles. The fourth-order valence-electron chi connectivity index (χ4n) is 7.81. The van der Waals surface area contributed by atoms with Crippen molar-refractivity contribution in [2.24, 2.45) is 0 Å². The fourth-order valence-corrected chi connectivity index (χ4v) is 9.27. The van der Waals surface area contributed by atoms with Gasteiger partial charge in [0.05, 0.1) is 0 Å². The predicted octanol–water partition coefficient (Wildman–Crippen LogP) is 9.95. The summed E-state index contributed by atoms with van der Waals surface area (Å²) in [4.78, 5) is 19.0. The van der Waals surface area contributed by atoms with Gasteiger partial charge in [0.15, 0.2) is 20.4 Å². The Hall–Kier alpha value is -0.552. The van der Waals surface area contributed by atoms with Crippen LogP contribution in [0.5, 0.6) is 0 Å². The summed E-state index contributed by atoms with van der Waals surface area (Å²) in [5, 5.41) is 4.36. The number of thiocarbonyl (C=S) groups is 4. The van der Waals surface area contributed by atoms with Gasteiger partial charge in [-0.25, -0.2) is 0 Å². The molecule has 0 bridgehead atoms. The van der Waals surface area contributed by atoms with Crippen LogP contribution in [0.1, 0.15) is 158 Å². The van der Waals surface area contributed by atoms with E-state index in [9.17, 15) is 0 Å². The summed E-state index contributed by atoms with van der Waals surface area (Å²) in [6.07, 6.45) is 19.9. The molecule has 0 unspecified atom stereocenters. The van der Waals surface area contributed by atoms with Crippen LogP contribution in [0.15, 0.2) is 0 Å². The molecule has 0 atom stereocenters. The average Bonchev–Trinajstić information content (AvgIpc) is 3.63. The largest absolute Gasteiger partial charge is 0.349 e. The van der Waals surface area contributed by atoms with Crippen LogP contribution >= 0.6 is 48.9 Å². The van der Waals surface area contributed by atoms with Gasteiger partial charge in [0.25, 0.3) is 0 Å². The second-order valence-corrected chi connectivity index (χ2v) is 17.3. The molecule has 4 aliphatic rings. The molecule has 0 aromatic rings. The molecule has 0 aromatic carbocycles. The molecule has 4 aliphatic heterocycles. The van der Waals surface area contributed by atoms with Gasteiger partial charge < -0.3 is 39.2 Å². The van der Waals surface area contributed by atoms with E-state index < -0.39 is 0 Å².